The molecule has 4 nitrogen and oxygen atoms in total. The van der Waals surface area contributed by atoms with E-state index in [1.54, 1.807) is 0 Å². The molecule has 0 aromatic heterocycles. The van der Waals surface area contributed by atoms with Gasteiger partial charge in [0.25, 0.3) is 0 Å². The van der Waals surface area contributed by atoms with Crippen molar-refractivity contribution in [3.63, 3.8) is 0 Å². The SMILES string of the molecule is CC(C)(C)OC(=O)C1[C@@H](CCC=O)COC1(C)C. The number of hydrogen-bond donors (Lipinski definition) is 0. The Hall–Kier alpha value is -0.900. The van der Waals surface area contributed by atoms with Crippen LogP contribution in [0.4, 0.5) is 0 Å². The Labute approximate surface area is 109 Å². The molecule has 18 heavy (non-hydrogen) atoms. The summed E-state index contributed by atoms with van der Waals surface area (Å²) >= 11 is 0. The molecule has 1 fully saturated rings. The summed E-state index contributed by atoms with van der Waals surface area (Å²) in [5.74, 6) is -0.447. The zero-order valence-corrected chi connectivity index (χ0v) is 12.0. The van der Waals surface area contributed by atoms with Gasteiger partial charge in [-0.2, -0.15) is 0 Å². The van der Waals surface area contributed by atoms with Crippen molar-refractivity contribution in [1.29, 1.82) is 0 Å². The second-order valence-corrected chi connectivity index (χ2v) is 6.43. The molecule has 0 aromatic rings. The maximum atomic E-state index is 12.3. The van der Waals surface area contributed by atoms with Crippen molar-refractivity contribution in [3.8, 4) is 0 Å². The molecule has 0 saturated carbocycles. The molecular formula is C14H24O4. The van der Waals surface area contributed by atoms with E-state index in [9.17, 15) is 9.59 Å². The van der Waals surface area contributed by atoms with Gasteiger partial charge in [-0.25, -0.2) is 0 Å². The number of rotatable bonds is 4. The van der Waals surface area contributed by atoms with Crippen LogP contribution in [0.3, 0.4) is 0 Å². The molecule has 1 heterocycles. The van der Waals surface area contributed by atoms with Crippen molar-refractivity contribution in [2.24, 2.45) is 11.8 Å². The monoisotopic (exact) mass is 256 g/mol. The number of ether oxygens (including phenoxy) is 2. The summed E-state index contributed by atoms with van der Waals surface area (Å²) in [4.78, 5) is 22.7. The molecule has 1 saturated heterocycles. The molecule has 1 unspecified atom stereocenters. The quantitative estimate of drug-likeness (QED) is 0.572. The fraction of sp³-hybridized carbons (Fsp3) is 0.857. The lowest BCUT2D eigenvalue weighted by Crippen LogP contribution is -2.40. The molecule has 1 rings (SSSR count). The second kappa shape index (κ2) is 5.39. The fourth-order valence-corrected chi connectivity index (χ4v) is 2.45. The zero-order valence-electron chi connectivity index (χ0n) is 12.0. The van der Waals surface area contributed by atoms with Crippen LogP contribution in [-0.2, 0) is 19.1 Å². The van der Waals surface area contributed by atoms with Crippen molar-refractivity contribution in [2.75, 3.05) is 6.61 Å². The van der Waals surface area contributed by atoms with Crippen molar-refractivity contribution in [1.82, 2.24) is 0 Å². The van der Waals surface area contributed by atoms with Crippen molar-refractivity contribution in [2.45, 2.75) is 58.7 Å². The van der Waals surface area contributed by atoms with Crippen LogP contribution in [0.5, 0.6) is 0 Å². The Morgan fingerprint density at radius 1 is 1.44 bits per heavy atom. The minimum Gasteiger partial charge on any atom is -0.460 e. The molecule has 104 valence electrons. The summed E-state index contributed by atoms with van der Waals surface area (Å²) in [6, 6.07) is 0. The van der Waals surface area contributed by atoms with Crippen LogP contribution in [-0.4, -0.2) is 30.1 Å². The average molecular weight is 256 g/mol. The minimum atomic E-state index is -0.518. The summed E-state index contributed by atoms with van der Waals surface area (Å²) in [5, 5.41) is 0. The van der Waals surface area contributed by atoms with E-state index in [0.29, 0.717) is 19.4 Å². The molecule has 4 heteroatoms. The predicted molar refractivity (Wildman–Crippen MR) is 68.2 cm³/mol. The Bertz CT molecular complexity index is 314. The smallest absolute Gasteiger partial charge is 0.312 e. The van der Waals surface area contributed by atoms with Gasteiger partial charge in [-0.15, -0.1) is 0 Å². The number of carbonyl (C=O) groups excluding carboxylic acids is 2. The fourth-order valence-electron chi connectivity index (χ4n) is 2.45. The van der Waals surface area contributed by atoms with E-state index in [1.807, 2.05) is 34.6 Å². The molecule has 0 amide bonds. The molecule has 0 N–H and O–H groups in total. The van der Waals surface area contributed by atoms with E-state index < -0.39 is 11.2 Å². The Morgan fingerprint density at radius 2 is 2.06 bits per heavy atom. The summed E-state index contributed by atoms with van der Waals surface area (Å²) in [5.41, 5.74) is -1.01. The molecule has 0 spiro atoms. The third-order valence-corrected chi connectivity index (χ3v) is 3.21. The largest absolute Gasteiger partial charge is 0.460 e. The van der Waals surface area contributed by atoms with Crippen molar-refractivity contribution in [3.05, 3.63) is 0 Å². The summed E-state index contributed by atoms with van der Waals surface area (Å²) < 4.78 is 11.1. The zero-order chi connectivity index (χ0) is 14.0. The topological polar surface area (TPSA) is 52.6 Å². The van der Waals surface area contributed by atoms with Gasteiger partial charge in [0.05, 0.1) is 18.1 Å². The molecule has 0 aromatic carbocycles. The first-order chi connectivity index (χ1) is 8.17. The first-order valence-electron chi connectivity index (χ1n) is 6.48. The number of esters is 1. The normalized spacial score (nSPS) is 26.9. The standard InChI is InChI=1S/C14H24O4/c1-13(2,3)18-12(16)11-10(7-6-8-15)9-17-14(11,4)5/h8,10-11H,6-7,9H2,1-5H3/t10-,11?/m0/s1. The van der Waals surface area contributed by atoms with Gasteiger partial charge in [-0.3, -0.25) is 4.79 Å². The highest BCUT2D eigenvalue weighted by molar-refractivity contribution is 5.75. The Kier molecular flexibility index (Phi) is 4.54. The van der Waals surface area contributed by atoms with Gasteiger partial charge >= 0.3 is 5.97 Å². The summed E-state index contributed by atoms with van der Waals surface area (Å²) in [7, 11) is 0. The van der Waals surface area contributed by atoms with E-state index in [0.717, 1.165) is 6.29 Å². The number of carbonyl (C=O) groups is 2. The van der Waals surface area contributed by atoms with Gasteiger partial charge in [0.1, 0.15) is 11.9 Å². The molecule has 1 aliphatic heterocycles. The van der Waals surface area contributed by atoms with Crippen LogP contribution in [0.15, 0.2) is 0 Å². The number of aldehydes is 1. The van der Waals surface area contributed by atoms with Gasteiger partial charge in [0.2, 0.25) is 0 Å². The van der Waals surface area contributed by atoms with E-state index in [2.05, 4.69) is 0 Å². The first-order valence-corrected chi connectivity index (χ1v) is 6.48. The van der Waals surface area contributed by atoms with Crippen molar-refractivity contribution < 1.29 is 19.1 Å². The lowest BCUT2D eigenvalue weighted by Gasteiger charge is -2.30. The molecule has 0 radical (unpaired) electrons. The highest BCUT2D eigenvalue weighted by atomic mass is 16.6. The minimum absolute atomic E-state index is 0.0695. The molecule has 0 aliphatic carbocycles. The lowest BCUT2D eigenvalue weighted by molar-refractivity contribution is -0.166. The average Bonchev–Trinajstić information content (AvgIpc) is 2.48. The third-order valence-electron chi connectivity index (χ3n) is 3.21. The van der Waals surface area contributed by atoms with Crippen LogP contribution >= 0.6 is 0 Å². The molecule has 1 aliphatic rings. The first kappa shape index (κ1) is 15.2. The molecule has 2 atom stereocenters. The predicted octanol–water partition coefficient (Wildman–Crippen LogP) is 2.35. The van der Waals surface area contributed by atoms with E-state index in [4.69, 9.17) is 9.47 Å². The maximum Gasteiger partial charge on any atom is 0.312 e. The summed E-state index contributed by atoms with van der Waals surface area (Å²) in [6.45, 7) is 9.89. The van der Waals surface area contributed by atoms with Gasteiger partial charge in [0.15, 0.2) is 0 Å². The summed E-state index contributed by atoms with van der Waals surface area (Å²) in [6.07, 6.45) is 2.03. The van der Waals surface area contributed by atoms with Crippen LogP contribution in [0.25, 0.3) is 0 Å². The molecule has 0 bridgehead atoms. The Balaban J connectivity index is 2.78. The van der Waals surface area contributed by atoms with Crippen LogP contribution in [0, 0.1) is 11.8 Å². The maximum absolute atomic E-state index is 12.3. The number of hydrogen-bond acceptors (Lipinski definition) is 4. The van der Waals surface area contributed by atoms with Crippen LogP contribution in [0.1, 0.15) is 47.5 Å². The van der Waals surface area contributed by atoms with E-state index >= 15 is 0 Å². The third kappa shape index (κ3) is 3.80. The highest BCUT2D eigenvalue weighted by Crippen LogP contribution is 2.39. The van der Waals surface area contributed by atoms with Gasteiger partial charge in [-0.1, -0.05) is 0 Å². The van der Waals surface area contributed by atoms with Crippen LogP contribution in [0.2, 0.25) is 0 Å². The van der Waals surface area contributed by atoms with Crippen LogP contribution < -0.4 is 0 Å². The highest BCUT2D eigenvalue weighted by Gasteiger charge is 2.48. The second-order valence-electron chi connectivity index (χ2n) is 6.43. The van der Waals surface area contributed by atoms with Gasteiger partial charge in [0, 0.05) is 6.42 Å². The van der Waals surface area contributed by atoms with E-state index in [-0.39, 0.29) is 17.8 Å². The Morgan fingerprint density at radius 3 is 2.56 bits per heavy atom. The van der Waals surface area contributed by atoms with E-state index in [1.165, 1.54) is 0 Å². The van der Waals surface area contributed by atoms with Crippen molar-refractivity contribution >= 4 is 12.3 Å². The lowest BCUT2D eigenvalue weighted by atomic mass is 9.81. The van der Waals surface area contributed by atoms with Gasteiger partial charge < -0.3 is 14.3 Å². The van der Waals surface area contributed by atoms with Gasteiger partial charge in [-0.05, 0) is 47.0 Å². The molecular weight excluding hydrogens is 232 g/mol.